The maximum absolute atomic E-state index is 6.03. The number of nitrogens with zero attached hydrogens (tertiary/aromatic N) is 2. The summed E-state index contributed by atoms with van der Waals surface area (Å²) in [4.78, 5) is 9.19. The molecule has 0 spiro atoms. The fraction of sp³-hybridized carbons (Fsp3) is 0.714. The van der Waals surface area contributed by atoms with E-state index in [9.17, 15) is 0 Å². The molecule has 1 fully saturated rings. The Kier molecular flexibility index (Phi) is 5.35. The van der Waals surface area contributed by atoms with Crippen molar-refractivity contribution in [2.75, 3.05) is 25.6 Å². The zero-order valence-corrected chi connectivity index (χ0v) is 13.7. The maximum Gasteiger partial charge on any atom is 0.163 e. The van der Waals surface area contributed by atoms with Gasteiger partial charge in [0.05, 0.1) is 10.2 Å². The summed E-state index contributed by atoms with van der Waals surface area (Å²) in [6.45, 7) is 6.08. The van der Waals surface area contributed by atoms with E-state index in [0.717, 1.165) is 35.8 Å². The number of nitrogen functional groups attached to an aromatic ring is 1. The molecule has 1 aliphatic heterocycles. The average molecular weight is 344 g/mol. The lowest BCUT2D eigenvalue weighted by molar-refractivity contribution is -0.117. The molecule has 20 heavy (non-hydrogen) atoms. The van der Waals surface area contributed by atoms with Gasteiger partial charge < -0.3 is 15.2 Å². The Bertz CT molecular complexity index is 456. The molecule has 0 aromatic carbocycles. The van der Waals surface area contributed by atoms with E-state index in [1.165, 1.54) is 0 Å². The molecule has 0 aliphatic carbocycles. The zero-order chi connectivity index (χ0) is 14.6. The van der Waals surface area contributed by atoms with Gasteiger partial charge in [-0.2, -0.15) is 0 Å². The van der Waals surface area contributed by atoms with Crippen molar-refractivity contribution in [3.05, 3.63) is 16.0 Å². The van der Waals surface area contributed by atoms with Gasteiger partial charge in [-0.05, 0) is 29.3 Å². The van der Waals surface area contributed by atoms with Gasteiger partial charge in [0.1, 0.15) is 11.4 Å². The summed E-state index contributed by atoms with van der Waals surface area (Å²) in [5.74, 6) is 1.19. The van der Waals surface area contributed by atoms with Gasteiger partial charge in [0, 0.05) is 32.7 Å². The van der Waals surface area contributed by atoms with Crippen LogP contribution < -0.4 is 5.73 Å². The Morgan fingerprint density at radius 1 is 1.30 bits per heavy atom. The summed E-state index contributed by atoms with van der Waals surface area (Å²) in [7, 11) is 0. The second kappa shape index (κ2) is 6.83. The molecule has 1 aromatic rings. The molecule has 0 atom stereocenters. The smallest absolute Gasteiger partial charge is 0.163 e. The number of anilines is 1. The normalized spacial score (nSPS) is 18.1. The number of rotatable bonds is 5. The van der Waals surface area contributed by atoms with Crippen molar-refractivity contribution < 1.29 is 9.47 Å². The van der Waals surface area contributed by atoms with Crippen LogP contribution in [0.5, 0.6) is 0 Å². The minimum absolute atomic E-state index is 0.454. The van der Waals surface area contributed by atoms with E-state index >= 15 is 0 Å². The molecular formula is C14H22BrN3O2. The Morgan fingerprint density at radius 3 is 2.60 bits per heavy atom. The molecule has 0 radical (unpaired) electrons. The van der Waals surface area contributed by atoms with Crippen molar-refractivity contribution in [2.24, 2.45) is 0 Å². The number of aryl methyl sites for hydroxylation is 1. The van der Waals surface area contributed by atoms with E-state index < -0.39 is 5.60 Å². The quantitative estimate of drug-likeness (QED) is 0.889. The lowest BCUT2D eigenvalue weighted by atomic mass is 9.92. The molecule has 6 heteroatoms. The van der Waals surface area contributed by atoms with E-state index in [4.69, 9.17) is 20.2 Å². The highest BCUT2D eigenvalue weighted by Gasteiger charge is 2.38. The molecule has 0 amide bonds. The molecule has 0 bridgehead atoms. The summed E-state index contributed by atoms with van der Waals surface area (Å²) in [6, 6.07) is 0. The fourth-order valence-corrected chi connectivity index (χ4v) is 2.90. The van der Waals surface area contributed by atoms with Gasteiger partial charge >= 0.3 is 0 Å². The minimum Gasteiger partial charge on any atom is -0.383 e. The molecule has 0 unspecified atom stereocenters. The number of ether oxygens (including phenoxy) is 2. The SMILES string of the molecule is CCCc1nc(C2(OCC)CCOCC2)nc(N)c1Br. The molecule has 2 N–H and O–H groups in total. The second-order valence-electron chi connectivity index (χ2n) is 4.98. The summed E-state index contributed by atoms with van der Waals surface area (Å²) < 4.78 is 12.3. The van der Waals surface area contributed by atoms with Crippen LogP contribution >= 0.6 is 15.9 Å². The number of hydrogen-bond donors (Lipinski definition) is 1. The van der Waals surface area contributed by atoms with Gasteiger partial charge in [-0.25, -0.2) is 9.97 Å². The van der Waals surface area contributed by atoms with Crippen LogP contribution in [-0.4, -0.2) is 29.8 Å². The summed E-state index contributed by atoms with van der Waals surface area (Å²) in [5.41, 5.74) is 6.53. The number of aromatic nitrogens is 2. The average Bonchev–Trinajstić information content (AvgIpc) is 2.45. The lowest BCUT2D eigenvalue weighted by Gasteiger charge is -2.35. The largest absolute Gasteiger partial charge is 0.383 e. The molecule has 0 saturated carbocycles. The van der Waals surface area contributed by atoms with E-state index in [0.29, 0.717) is 31.5 Å². The van der Waals surface area contributed by atoms with E-state index in [2.05, 4.69) is 27.8 Å². The second-order valence-corrected chi connectivity index (χ2v) is 5.78. The van der Waals surface area contributed by atoms with E-state index in [-0.39, 0.29) is 0 Å². The molecule has 5 nitrogen and oxygen atoms in total. The molecule has 1 aliphatic rings. The van der Waals surface area contributed by atoms with Crippen molar-refractivity contribution in [1.29, 1.82) is 0 Å². The topological polar surface area (TPSA) is 70.3 Å². The fourth-order valence-electron chi connectivity index (χ4n) is 2.53. The van der Waals surface area contributed by atoms with Gasteiger partial charge in [-0.3, -0.25) is 0 Å². The van der Waals surface area contributed by atoms with Crippen molar-refractivity contribution in [2.45, 2.75) is 45.1 Å². The van der Waals surface area contributed by atoms with Crippen LogP contribution in [0.3, 0.4) is 0 Å². The minimum atomic E-state index is -0.454. The number of hydrogen-bond acceptors (Lipinski definition) is 5. The molecule has 2 heterocycles. The summed E-state index contributed by atoms with van der Waals surface area (Å²) in [5, 5.41) is 0. The summed E-state index contributed by atoms with van der Waals surface area (Å²) >= 11 is 3.48. The molecular weight excluding hydrogens is 322 g/mol. The van der Waals surface area contributed by atoms with Crippen LogP contribution in [0.4, 0.5) is 5.82 Å². The van der Waals surface area contributed by atoms with Crippen molar-refractivity contribution in [3.63, 3.8) is 0 Å². The van der Waals surface area contributed by atoms with Gasteiger partial charge in [-0.15, -0.1) is 0 Å². The van der Waals surface area contributed by atoms with Gasteiger partial charge in [-0.1, -0.05) is 13.3 Å². The van der Waals surface area contributed by atoms with E-state index in [1.54, 1.807) is 0 Å². The first kappa shape index (κ1) is 15.7. The number of halogens is 1. The van der Waals surface area contributed by atoms with Crippen molar-refractivity contribution in [1.82, 2.24) is 9.97 Å². The highest BCUT2D eigenvalue weighted by Crippen LogP contribution is 2.36. The van der Waals surface area contributed by atoms with Crippen molar-refractivity contribution >= 4 is 21.7 Å². The molecule has 1 aromatic heterocycles. The van der Waals surface area contributed by atoms with Crippen LogP contribution in [0, 0.1) is 0 Å². The maximum atomic E-state index is 6.03. The highest BCUT2D eigenvalue weighted by atomic mass is 79.9. The van der Waals surface area contributed by atoms with E-state index in [1.807, 2.05) is 6.92 Å². The first-order valence-electron chi connectivity index (χ1n) is 7.17. The Morgan fingerprint density at radius 2 is 2.00 bits per heavy atom. The van der Waals surface area contributed by atoms with Crippen LogP contribution in [0.25, 0.3) is 0 Å². The monoisotopic (exact) mass is 343 g/mol. The van der Waals surface area contributed by atoms with Gasteiger partial charge in [0.25, 0.3) is 0 Å². The highest BCUT2D eigenvalue weighted by molar-refractivity contribution is 9.10. The molecule has 1 saturated heterocycles. The predicted octanol–water partition coefficient (Wildman–Crippen LogP) is 2.82. The third-order valence-corrected chi connectivity index (χ3v) is 4.42. The Balaban J connectivity index is 2.42. The third-order valence-electron chi connectivity index (χ3n) is 3.56. The van der Waals surface area contributed by atoms with Crippen LogP contribution in [0.15, 0.2) is 4.47 Å². The van der Waals surface area contributed by atoms with Gasteiger partial charge in [0.15, 0.2) is 5.82 Å². The lowest BCUT2D eigenvalue weighted by Crippen LogP contribution is -2.38. The molecule has 112 valence electrons. The van der Waals surface area contributed by atoms with Crippen molar-refractivity contribution in [3.8, 4) is 0 Å². The number of nitrogens with two attached hydrogens (primary N) is 1. The standard InChI is InChI=1S/C14H22BrN3O2/c1-3-5-10-11(15)12(16)18-13(17-10)14(20-4-2)6-8-19-9-7-14/h3-9H2,1-2H3,(H2,16,17,18). The first-order valence-corrected chi connectivity index (χ1v) is 7.96. The molecule has 2 rings (SSSR count). The van der Waals surface area contributed by atoms with Crippen LogP contribution in [0.2, 0.25) is 0 Å². The predicted molar refractivity (Wildman–Crippen MR) is 81.5 cm³/mol. The van der Waals surface area contributed by atoms with Gasteiger partial charge in [0.2, 0.25) is 0 Å². The zero-order valence-electron chi connectivity index (χ0n) is 12.1. The third kappa shape index (κ3) is 3.13. The van der Waals surface area contributed by atoms with Crippen LogP contribution in [-0.2, 0) is 21.5 Å². The Labute approximate surface area is 128 Å². The van der Waals surface area contributed by atoms with Crippen LogP contribution in [0.1, 0.15) is 44.6 Å². The first-order chi connectivity index (χ1) is 9.63. The Hall–Kier alpha value is -0.720. The summed E-state index contributed by atoms with van der Waals surface area (Å²) in [6.07, 6.45) is 3.43.